The standard InChI is InChI=1S/C16H25N3O/c1-3-17-15-7-5-4-6-14(15)16(20)18-12-13-8-10-19(2)11-9-13/h4-7,13,17H,3,8-12H2,1-2H3,(H,18,20). The zero-order chi connectivity index (χ0) is 14.4. The zero-order valence-corrected chi connectivity index (χ0v) is 12.5. The molecule has 0 spiro atoms. The average molecular weight is 275 g/mol. The van der Waals surface area contributed by atoms with Gasteiger partial charge in [0.1, 0.15) is 0 Å². The van der Waals surface area contributed by atoms with Crippen molar-refractivity contribution in [2.24, 2.45) is 5.92 Å². The van der Waals surface area contributed by atoms with Crippen molar-refractivity contribution in [2.75, 3.05) is 38.5 Å². The largest absolute Gasteiger partial charge is 0.385 e. The number of hydrogen-bond acceptors (Lipinski definition) is 3. The molecular formula is C16H25N3O. The van der Waals surface area contributed by atoms with Crippen LogP contribution in [0.25, 0.3) is 0 Å². The van der Waals surface area contributed by atoms with Gasteiger partial charge in [-0.1, -0.05) is 12.1 Å². The molecule has 20 heavy (non-hydrogen) atoms. The van der Waals surface area contributed by atoms with E-state index in [9.17, 15) is 4.79 Å². The van der Waals surface area contributed by atoms with Crippen LogP contribution in [0.5, 0.6) is 0 Å². The fourth-order valence-corrected chi connectivity index (χ4v) is 2.62. The quantitative estimate of drug-likeness (QED) is 0.866. The number of para-hydroxylation sites is 1. The number of rotatable bonds is 5. The third-order valence-electron chi connectivity index (χ3n) is 3.93. The summed E-state index contributed by atoms with van der Waals surface area (Å²) in [5.41, 5.74) is 1.65. The Kier molecular flexibility index (Phi) is 5.41. The second-order valence-electron chi connectivity index (χ2n) is 5.53. The topological polar surface area (TPSA) is 44.4 Å². The van der Waals surface area contributed by atoms with E-state index in [1.165, 1.54) is 12.8 Å². The first kappa shape index (κ1) is 14.9. The number of likely N-dealkylation sites (tertiary alicyclic amines) is 1. The molecule has 0 radical (unpaired) electrons. The molecule has 0 atom stereocenters. The molecule has 1 aromatic rings. The average Bonchev–Trinajstić information content (AvgIpc) is 2.47. The smallest absolute Gasteiger partial charge is 0.253 e. The van der Waals surface area contributed by atoms with Crippen LogP contribution in [-0.4, -0.2) is 44.0 Å². The van der Waals surface area contributed by atoms with Gasteiger partial charge in [-0.05, 0) is 58.0 Å². The van der Waals surface area contributed by atoms with E-state index in [1.54, 1.807) is 0 Å². The Morgan fingerprint density at radius 1 is 1.30 bits per heavy atom. The molecular weight excluding hydrogens is 250 g/mol. The van der Waals surface area contributed by atoms with Gasteiger partial charge in [0.25, 0.3) is 5.91 Å². The maximum absolute atomic E-state index is 12.3. The Bertz CT molecular complexity index is 439. The number of amides is 1. The number of carbonyl (C=O) groups is 1. The highest BCUT2D eigenvalue weighted by Crippen LogP contribution is 2.17. The van der Waals surface area contributed by atoms with Crippen molar-refractivity contribution in [3.8, 4) is 0 Å². The summed E-state index contributed by atoms with van der Waals surface area (Å²) in [6.45, 7) is 5.91. The molecule has 0 aliphatic carbocycles. The van der Waals surface area contributed by atoms with Gasteiger partial charge in [-0.25, -0.2) is 0 Å². The van der Waals surface area contributed by atoms with Gasteiger partial charge in [0.05, 0.1) is 5.56 Å². The zero-order valence-electron chi connectivity index (χ0n) is 12.5. The molecule has 1 aliphatic rings. The lowest BCUT2D eigenvalue weighted by atomic mass is 9.97. The highest BCUT2D eigenvalue weighted by atomic mass is 16.1. The van der Waals surface area contributed by atoms with E-state index in [4.69, 9.17) is 0 Å². The first-order valence-electron chi connectivity index (χ1n) is 7.50. The van der Waals surface area contributed by atoms with Crippen LogP contribution >= 0.6 is 0 Å². The second kappa shape index (κ2) is 7.29. The Labute approximate surface area is 121 Å². The summed E-state index contributed by atoms with van der Waals surface area (Å²) in [6, 6.07) is 7.69. The molecule has 0 unspecified atom stereocenters. The lowest BCUT2D eigenvalue weighted by Crippen LogP contribution is -2.37. The third kappa shape index (κ3) is 3.97. The van der Waals surface area contributed by atoms with Gasteiger partial charge < -0.3 is 15.5 Å². The predicted molar refractivity (Wildman–Crippen MR) is 83.2 cm³/mol. The summed E-state index contributed by atoms with van der Waals surface area (Å²) in [6.07, 6.45) is 2.34. The lowest BCUT2D eigenvalue weighted by Gasteiger charge is -2.29. The molecule has 4 nitrogen and oxygen atoms in total. The van der Waals surface area contributed by atoms with Crippen molar-refractivity contribution < 1.29 is 4.79 Å². The molecule has 110 valence electrons. The Balaban J connectivity index is 1.88. The van der Waals surface area contributed by atoms with Crippen LogP contribution in [0.3, 0.4) is 0 Å². The van der Waals surface area contributed by atoms with Crippen LogP contribution < -0.4 is 10.6 Å². The van der Waals surface area contributed by atoms with Crippen molar-refractivity contribution in [2.45, 2.75) is 19.8 Å². The molecule has 1 aromatic carbocycles. The van der Waals surface area contributed by atoms with Gasteiger partial charge in [-0.3, -0.25) is 4.79 Å². The third-order valence-corrected chi connectivity index (χ3v) is 3.93. The number of carbonyl (C=O) groups excluding carboxylic acids is 1. The highest BCUT2D eigenvalue weighted by Gasteiger charge is 2.18. The van der Waals surface area contributed by atoms with Crippen LogP contribution in [0.1, 0.15) is 30.1 Å². The van der Waals surface area contributed by atoms with Crippen molar-refractivity contribution in [3.63, 3.8) is 0 Å². The fourth-order valence-electron chi connectivity index (χ4n) is 2.62. The molecule has 1 aliphatic heterocycles. The van der Waals surface area contributed by atoms with Gasteiger partial charge in [-0.2, -0.15) is 0 Å². The van der Waals surface area contributed by atoms with Gasteiger partial charge in [0.2, 0.25) is 0 Å². The van der Waals surface area contributed by atoms with E-state index in [-0.39, 0.29) is 5.91 Å². The molecule has 0 aromatic heterocycles. The minimum Gasteiger partial charge on any atom is -0.385 e. The van der Waals surface area contributed by atoms with E-state index in [0.717, 1.165) is 37.4 Å². The number of nitrogens with zero attached hydrogens (tertiary/aromatic N) is 1. The molecule has 0 saturated carbocycles. The normalized spacial score (nSPS) is 16.9. The van der Waals surface area contributed by atoms with Crippen molar-refractivity contribution in [3.05, 3.63) is 29.8 Å². The number of piperidine rings is 1. The molecule has 0 bridgehead atoms. The minimum absolute atomic E-state index is 0.0282. The van der Waals surface area contributed by atoms with Crippen molar-refractivity contribution >= 4 is 11.6 Å². The lowest BCUT2D eigenvalue weighted by molar-refractivity contribution is 0.0940. The second-order valence-corrected chi connectivity index (χ2v) is 5.53. The number of benzene rings is 1. The Morgan fingerprint density at radius 2 is 2.00 bits per heavy atom. The number of hydrogen-bond donors (Lipinski definition) is 2. The van der Waals surface area contributed by atoms with Crippen LogP contribution in [0.15, 0.2) is 24.3 Å². The Hall–Kier alpha value is -1.55. The van der Waals surface area contributed by atoms with Gasteiger partial charge in [0, 0.05) is 18.8 Å². The number of anilines is 1. The summed E-state index contributed by atoms with van der Waals surface area (Å²) in [5, 5.41) is 6.32. The molecule has 4 heteroatoms. The summed E-state index contributed by atoms with van der Waals surface area (Å²) >= 11 is 0. The molecule has 2 N–H and O–H groups in total. The van der Waals surface area contributed by atoms with E-state index in [2.05, 4.69) is 22.6 Å². The fraction of sp³-hybridized carbons (Fsp3) is 0.562. The summed E-state index contributed by atoms with van der Waals surface area (Å²) in [7, 11) is 2.15. The van der Waals surface area contributed by atoms with E-state index < -0.39 is 0 Å². The van der Waals surface area contributed by atoms with E-state index in [0.29, 0.717) is 5.92 Å². The van der Waals surface area contributed by atoms with Crippen molar-refractivity contribution in [1.82, 2.24) is 10.2 Å². The van der Waals surface area contributed by atoms with Crippen LogP contribution in [-0.2, 0) is 0 Å². The predicted octanol–water partition coefficient (Wildman–Crippen LogP) is 2.19. The van der Waals surface area contributed by atoms with Crippen LogP contribution in [0.2, 0.25) is 0 Å². The van der Waals surface area contributed by atoms with Crippen molar-refractivity contribution in [1.29, 1.82) is 0 Å². The van der Waals surface area contributed by atoms with E-state index in [1.807, 2.05) is 31.2 Å². The van der Waals surface area contributed by atoms with Gasteiger partial charge in [0.15, 0.2) is 0 Å². The summed E-state index contributed by atoms with van der Waals surface area (Å²) < 4.78 is 0. The first-order chi connectivity index (χ1) is 9.70. The Morgan fingerprint density at radius 3 is 2.70 bits per heavy atom. The van der Waals surface area contributed by atoms with Crippen LogP contribution in [0, 0.1) is 5.92 Å². The van der Waals surface area contributed by atoms with Crippen LogP contribution in [0.4, 0.5) is 5.69 Å². The molecule has 1 heterocycles. The van der Waals surface area contributed by atoms with Gasteiger partial charge >= 0.3 is 0 Å². The molecule has 1 saturated heterocycles. The first-order valence-corrected chi connectivity index (χ1v) is 7.50. The van der Waals surface area contributed by atoms with E-state index >= 15 is 0 Å². The van der Waals surface area contributed by atoms with Gasteiger partial charge in [-0.15, -0.1) is 0 Å². The number of nitrogens with one attached hydrogen (secondary N) is 2. The maximum Gasteiger partial charge on any atom is 0.253 e. The minimum atomic E-state index is 0.0282. The summed E-state index contributed by atoms with van der Waals surface area (Å²) in [4.78, 5) is 14.6. The SMILES string of the molecule is CCNc1ccccc1C(=O)NCC1CCN(C)CC1. The molecule has 2 rings (SSSR count). The summed E-state index contributed by atoms with van der Waals surface area (Å²) in [5.74, 6) is 0.641. The maximum atomic E-state index is 12.3. The monoisotopic (exact) mass is 275 g/mol. The molecule has 1 amide bonds. The molecule has 1 fully saturated rings. The highest BCUT2D eigenvalue weighted by molar-refractivity contribution is 5.99.